The van der Waals surface area contributed by atoms with Crippen molar-refractivity contribution in [1.82, 2.24) is 0 Å². The Bertz CT molecular complexity index is 472. The monoisotopic (exact) mass is 243 g/mol. The second-order valence-electron chi connectivity index (χ2n) is 5.88. The van der Waals surface area contributed by atoms with Gasteiger partial charge in [0.15, 0.2) is 5.78 Å². The van der Waals surface area contributed by atoms with E-state index in [1.165, 1.54) is 24.0 Å². The van der Waals surface area contributed by atoms with Crippen LogP contribution in [0.2, 0.25) is 0 Å². The zero-order chi connectivity index (χ0) is 12.6. The van der Waals surface area contributed by atoms with Crippen molar-refractivity contribution in [3.63, 3.8) is 0 Å². The Balaban J connectivity index is 1.90. The summed E-state index contributed by atoms with van der Waals surface area (Å²) in [5.41, 5.74) is 9.31. The molecule has 0 heterocycles. The van der Waals surface area contributed by atoms with Gasteiger partial charge in [-0.05, 0) is 55.7 Å². The molecule has 1 fully saturated rings. The number of nitrogens with two attached hydrogens (primary N) is 1. The molecule has 2 nitrogen and oxygen atoms in total. The molecule has 2 aliphatic rings. The number of ketones is 1. The standard InChI is InChI=1S/C16H21NO/c17-16(9-3-4-10-16)15(18)14-8-7-12-5-1-2-6-13(12)11-14/h7-8,11H,1-6,9-10,17H2. The fraction of sp³-hybridized carbons (Fsp3) is 0.562. The molecule has 0 saturated heterocycles. The molecule has 1 aromatic rings. The van der Waals surface area contributed by atoms with Gasteiger partial charge in [0.25, 0.3) is 0 Å². The molecule has 3 rings (SSSR count). The maximum atomic E-state index is 12.5. The molecule has 1 aromatic carbocycles. The van der Waals surface area contributed by atoms with E-state index in [2.05, 4.69) is 12.1 Å². The van der Waals surface area contributed by atoms with Gasteiger partial charge in [-0.25, -0.2) is 0 Å². The highest BCUT2D eigenvalue weighted by Gasteiger charge is 2.37. The quantitative estimate of drug-likeness (QED) is 0.811. The summed E-state index contributed by atoms with van der Waals surface area (Å²) >= 11 is 0. The number of carbonyl (C=O) groups is 1. The Hall–Kier alpha value is -1.15. The summed E-state index contributed by atoms with van der Waals surface area (Å²) < 4.78 is 0. The molecule has 0 atom stereocenters. The van der Waals surface area contributed by atoms with Gasteiger partial charge < -0.3 is 5.73 Å². The Morgan fingerprint density at radius 3 is 2.39 bits per heavy atom. The van der Waals surface area contributed by atoms with Gasteiger partial charge in [0.2, 0.25) is 0 Å². The first-order valence-electron chi connectivity index (χ1n) is 7.15. The maximum Gasteiger partial charge on any atom is 0.182 e. The fourth-order valence-electron chi connectivity index (χ4n) is 3.40. The molecule has 0 spiro atoms. The van der Waals surface area contributed by atoms with Crippen LogP contribution in [0.5, 0.6) is 0 Å². The molecule has 1 saturated carbocycles. The second kappa shape index (κ2) is 4.51. The Labute approximate surface area is 109 Å². The molecule has 0 aromatic heterocycles. The van der Waals surface area contributed by atoms with Crippen LogP contribution in [0, 0.1) is 0 Å². The van der Waals surface area contributed by atoms with Gasteiger partial charge in [-0.15, -0.1) is 0 Å². The van der Waals surface area contributed by atoms with Crippen LogP contribution in [0.3, 0.4) is 0 Å². The number of fused-ring (bicyclic) bond motifs is 1. The van der Waals surface area contributed by atoms with Crippen molar-refractivity contribution >= 4 is 5.78 Å². The van der Waals surface area contributed by atoms with Gasteiger partial charge >= 0.3 is 0 Å². The molecule has 2 N–H and O–H groups in total. The lowest BCUT2D eigenvalue weighted by Crippen LogP contribution is -2.45. The van der Waals surface area contributed by atoms with E-state index in [-0.39, 0.29) is 5.78 Å². The summed E-state index contributed by atoms with van der Waals surface area (Å²) in [4.78, 5) is 12.5. The van der Waals surface area contributed by atoms with Gasteiger partial charge in [0.05, 0.1) is 5.54 Å². The number of aryl methyl sites for hydroxylation is 2. The number of hydrogen-bond acceptors (Lipinski definition) is 2. The number of benzene rings is 1. The first-order chi connectivity index (χ1) is 8.69. The Morgan fingerprint density at radius 1 is 1.00 bits per heavy atom. The molecule has 96 valence electrons. The number of Topliss-reactive ketones (excluding diaryl/α,β-unsaturated/α-hetero) is 1. The smallest absolute Gasteiger partial charge is 0.182 e. The zero-order valence-electron chi connectivity index (χ0n) is 10.9. The topological polar surface area (TPSA) is 43.1 Å². The lowest BCUT2D eigenvalue weighted by Gasteiger charge is -2.23. The van der Waals surface area contributed by atoms with Crippen LogP contribution in [-0.4, -0.2) is 11.3 Å². The first-order valence-corrected chi connectivity index (χ1v) is 7.15. The SMILES string of the molecule is NC1(C(=O)c2ccc3c(c2)CCCC3)CCCC1. The van der Waals surface area contributed by atoms with Crippen LogP contribution in [0.1, 0.15) is 60.0 Å². The molecule has 0 unspecified atom stereocenters. The van der Waals surface area contributed by atoms with Crippen LogP contribution < -0.4 is 5.73 Å². The number of hydrogen-bond donors (Lipinski definition) is 1. The van der Waals surface area contributed by atoms with E-state index in [0.717, 1.165) is 44.1 Å². The number of rotatable bonds is 2. The lowest BCUT2D eigenvalue weighted by atomic mass is 9.85. The van der Waals surface area contributed by atoms with E-state index in [0.29, 0.717) is 0 Å². The number of carbonyl (C=O) groups excluding carboxylic acids is 1. The minimum absolute atomic E-state index is 0.161. The summed E-state index contributed by atoms with van der Waals surface area (Å²) in [6.07, 6.45) is 8.69. The van der Waals surface area contributed by atoms with Crippen LogP contribution in [0.25, 0.3) is 0 Å². The summed E-state index contributed by atoms with van der Waals surface area (Å²) in [6.45, 7) is 0. The summed E-state index contributed by atoms with van der Waals surface area (Å²) in [7, 11) is 0. The highest BCUT2D eigenvalue weighted by atomic mass is 16.1. The van der Waals surface area contributed by atoms with Gasteiger partial charge in [-0.1, -0.05) is 25.0 Å². The molecular formula is C16H21NO. The van der Waals surface area contributed by atoms with Crippen LogP contribution in [0.15, 0.2) is 18.2 Å². The van der Waals surface area contributed by atoms with Gasteiger partial charge in [-0.2, -0.15) is 0 Å². The van der Waals surface area contributed by atoms with E-state index < -0.39 is 5.54 Å². The van der Waals surface area contributed by atoms with Gasteiger partial charge in [0, 0.05) is 5.56 Å². The predicted molar refractivity (Wildman–Crippen MR) is 72.8 cm³/mol. The normalized spacial score (nSPS) is 21.6. The lowest BCUT2D eigenvalue weighted by molar-refractivity contribution is 0.0892. The minimum Gasteiger partial charge on any atom is -0.319 e. The van der Waals surface area contributed by atoms with E-state index in [1.54, 1.807) is 0 Å². The summed E-state index contributed by atoms with van der Waals surface area (Å²) in [5, 5.41) is 0. The van der Waals surface area contributed by atoms with E-state index in [9.17, 15) is 4.79 Å². The minimum atomic E-state index is -0.580. The molecule has 2 aliphatic carbocycles. The van der Waals surface area contributed by atoms with Crippen molar-refractivity contribution < 1.29 is 4.79 Å². The predicted octanol–water partition coefficient (Wildman–Crippen LogP) is 3.02. The van der Waals surface area contributed by atoms with Crippen LogP contribution >= 0.6 is 0 Å². The van der Waals surface area contributed by atoms with Crippen molar-refractivity contribution in [3.05, 3.63) is 34.9 Å². The highest BCUT2D eigenvalue weighted by Crippen LogP contribution is 2.31. The van der Waals surface area contributed by atoms with Crippen molar-refractivity contribution in [2.45, 2.75) is 56.9 Å². The Morgan fingerprint density at radius 2 is 1.67 bits per heavy atom. The van der Waals surface area contributed by atoms with Gasteiger partial charge in [-0.3, -0.25) is 4.79 Å². The summed E-state index contributed by atoms with van der Waals surface area (Å²) in [6, 6.07) is 6.23. The zero-order valence-corrected chi connectivity index (χ0v) is 10.9. The highest BCUT2D eigenvalue weighted by molar-refractivity contribution is 6.03. The average molecular weight is 243 g/mol. The van der Waals surface area contributed by atoms with Crippen molar-refractivity contribution in [1.29, 1.82) is 0 Å². The molecular weight excluding hydrogens is 222 g/mol. The third-order valence-corrected chi connectivity index (χ3v) is 4.56. The average Bonchev–Trinajstić information content (AvgIpc) is 2.85. The second-order valence-corrected chi connectivity index (χ2v) is 5.88. The van der Waals surface area contributed by atoms with Crippen molar-refractivity contribution in [3.8, 4) is 0 Å². The molecule has 0 amide bonds. The van der Waals surface area contributed by atoms with Crippen LogP contribution in [0.4, 0.5) is 0 Å². The molecule has 18 heavy (non-hydrogen) atoms. The van der Waals surface area contributed by atoms with Gasteiger partial charge in [0.1, 0.15) is 0 Å². The molecule has 0 bridgehead atoms. The maximum absolute atomic E-state index is 12.5. The van der Waals surface area contributed by atoms with E-state index in [1.807, 2.05) is 6.07 Å². The summed E-state index contributed by atoms with van der Waals surface area (Å²) in [5.74, 6) is 0.161. The third-order valence-electron chi connectivity index (χ3n) is 4.56. The first kappa shape index (κ1) is 11.9. The third kappa shape index (κ3) is 1.99. The molecule has 0 radical (unpaired) electrons. The largest absolute Gasteiger partial charge is 0.319 e. The Kier molecular flexibility index (Phi) is 2.98. The van der Waals surface area contributed by atoms with Crippen molar-refractivity contribution in [2.24, 2.45) is 5.73 Å². The van der Waals surface area contributed by atoms with Crippen molar-refractivity contribution in [2.75, 3.05) is 0 Å². The van der Waals surface area contributed by atoms with E-state index >= 15 is 0 Å². The molecule has 0 aliphatic heterocycles. The molecule has 2 heteroatoms. The van der Waals surface area contributed by atoms with E-state index in [4.69, 9.17) is 5.73 Å². The van der Waals surface area contributed by atoms with Crippen LogP contribution in [-0.2, 0) is 12.8 Å². The fourth-order valence-corrected chi connectivity index (χ4v) is 3.40.